The maximum atomic E-state index is 13.6. The van der Waals surface area contributed by atoms with Crippen LogP contribution in [0.5, 0.6) is 0 Å². The van der Waals surface area contributed by atoms with Gasteiger partial charge in [0.2, 0.25) is 0 Å². The van der Waals surface area contributed by atoms with Gasteiger partial charge in [-0.15, -0.1) is 24.8 Å². The lowest BCUT2D eigenvalue weighted by Gasteiger charge is -2.35. The van der Waals surface area contributed by atoms with Crippen molar-refractivity contribution in [1.29, 1.82) is 0 Å². The highest BCUT2D eigenvalue weighted by atomic mass is 35.5. The molecule has 0 unspecified atom stereocenters. The minimum absolute atomic E-state index is 0. The highest BCUT2D eigenvalue weighted by Gasteiger charge is 2.36. The van der Waals surface area contributed by atoms with Crippen LogP contribution in [-0.4, -0.2) is 31.1 Å². The Morgan fingerprint density at radius 1 is 1.20 bits per heavy atom. The number of rotatable bonds is 3. The van der Waals surface area contributed by atoms with Crippen molar-refractivity contribution in [1.82, 2.24) is 10.2 Å². The van der Waals surface area contributed by atoms with Crippen molar-refractivity contribution in [3.05, 3.63) is 34.6 Å². The van der Waals surface area contributed by atoms with E-state index in [0.717, 1.165) is 31.7 Å². The molecule has 1 saturated heterocycles. The molecule has 1 aromatic rings. The Kier molecular flexibility index (Phi) is 7.02. The average molecular weight is 342 g/mol. The molecule has 0 spiro atoms. The van der Waals surface area contributed by atoms with Crippen LogP contribution in [0.25, 0.3) is 0 Å². The Morgan fingerprint density at radius 3 is 2.40 bits per heavy atom. The predicted molar refractivity (Wildman–Crippen MR) is 85.8 cm³/mol. The summed E-state index contributed by atoms with van der Waals surface area (Å²) in [6.45, 7) is 4.15. The fourth-order valence-electron chi connectivity index (χ4n) is 2.85. The molecule has 0 bridgehead atoms. The van der Waals surface area contributed by atoms with Crippen LogP contribution in [-0.2, 0) is 0 Å². The summed E-state index contributed by atoms with van der Waals surface area (Å²) in [4.78, 5) is 2.48. The number of piperazine rings is 1. The van der Waals surface area contributed by atoms with E-state index in [1.54, 1.807) is 12.1 Å². The van der Waals surface area contributed by atoms with Crippen LogP contribution in [0.2, 0.25) is 5.02 Å². The number of nitrogens with one attached hydrogen (secondary N) is 1. The smallest absolute Gasteiger partial charge is 0.142 e. The van der Waals surface area contributed by atoms with E-state index in [2.05, 4.69) is 10.2 Å². The molecular formula is C14H20Cl3FN2. The third-order valence-electron chi connectivity index (χ3n) is 3.90. The van der Waals surface area contributed by atoms with Crippen molar-refractivity contribution in [2.24, 2.45) is 5.92 Å². The second kappa shape index (κ2) is 7.81. The molecule has 20 heavy (non-hydrogen) atoms. The van der Waals surface area contributed by atoms with Gasteiger partial charge in [-0.3, -0.25) is 4.90 Å². The first-order valence-corrected chi connectivity index (χ1v) is 7.03. The van der Waals surface area contributed by atoms with Crippen molar-refractivity contribution in [2.45, 2.75) is 18.9 Å². The van der Waals surface area contributed by atoms with E-state index in [9.17, 15) is 4.39 Å². The third-order valence-corrected chi connectivity index (χ3v) is 4.21. The van der Waals surface area contributed by atoms with Crippen LogP contribution in [0.1, 0.15) is 24.4 Å². The summed E-state index contributed by atoms with van der Waals surface area (Å²) < 4.78 is 13.6. The summed E-state index contributed by atoms with van der Waals surface area (Å²) in [6.07, 6.45) is 2.53. The van der Waals surface area contributed by atoms with E-state index in [4.69, 9.17) is 11.6 Å². The van der Waals surface area contributed by atoms with Gasteiger partial charge >= 0.3 is 0 Å². The van der Waals surface area contributed by atoms with Crippen LogP contribution in [0.3, 0.4) is 0 Å². The van der Waals surface area contributed by atoms with Crippen molar-refractivity contribution in [3.63, 3.8) is 0 Å². The summed E-state index contributed by atoms with van der Waals surface area (Å²) in [7, 11) is 0. The molecule has 0 aromatic heterocycles. The summed E-state index contributed by atoms with van der Waals surface area (Å²) in [5, 5.41) is 3.58. The van der Waals surface area contributed by atoms with Crippen molar-refractivity contribution in [2.75, 3.05) is 26.2 Å². The number of hydrogen-bond donors (Lipinski definition) is 1. The Balaban J connectivity index is 0.000001000. The molecule has 0 amide bonds. The zero-order chi connectivity index (χ0) is 12.5. The van der Waals surface area contributed by atoms with E-state index in [0.29, 0.717) is 12.0 Å². The fraction of sp³-hybridized carbons (Fsp3) is 0.571. The van der Waals surface area contributed by atoms with Crippen molar-refractivity contribution < 1.29 is 4.39 Å². The second-order valence-electron chi connectivity index (χ2n) is 5.24. The summed E-state index contributed by atoms with van der Waals surface area (Å²) in [5.41, 5.74) is 1.08. The number of hydrogen-bond acceptors (Lipinski definition) is 2. The topological polar surface area (TPSA) is 15.3 Å². The van der Waals surface area contributed by atoms with Crippen LogP contribution in [0.4, 0.5) is 4.39 Å². The van der Waals surface area contributed by atoms with E-state index in [1.807, 2.05) is 6.07 Å². The molecule has 2 fully saturated rings. The lowest BCUT2D eigenvalue weighted by atomic mass is 9.99. The number of nitrogens with zero attached hydrogens (tertiary/aromatic N) is 1. The lowest BCUT2D eigenvalue weighted by Crippen LogP contribution is -2.45. The first-order valence-electron chi connectivity index (χ1n) is 6.65. The quantitative estimate of drug-likeness (QED) is 0.902. The van der Waals surface area contributed by atoms with E-state index in [-0.39, 0.29) is 35.7 Å². The monoisotopic (exact) mass is 340 g/mol. The molecule has 114 valence electrons. The molecule has 1 saturated carbocycles. The third kappa shape index (κ3) is 3.99. The van der Waals surface area contributed by atoms with Gasteiger partial charge in [-0.1, -0.05) is 17.7 Å². The molecule has 3 rings (SSSR count). The Morgan fingerprint density at radius 2 is 1.85 bits per heavy atom. The first kappa shape index (κ1) is 18.0. The van der Waals surface area contributed by atoms with Crippen LogP contribution >= 0.6 is 36.4 Å². The van der Waals surface area contributed by atoms with Crippen molar-refractivity contribution in [3.8, 4) is 0 Å². The standard InChI is InChI=1S/C14H18ClFN2.2ClH/c15-12-4-3-11(9-13(12)16)14(10-1-2-10)18-7-5-17-6-8-18;;/h3-4,9-10,14,17H,1-2,5-8H2;2*1H/t14-;;/m1../s1. The SMILES string of the molecule is Cl.Cl.Fc1cc([C@@H](C2CC2)N2CCNCC2)ccc1Cl. The molecule has 1 heterocycles. The second-order valence-corrected chi connectivity index (χ2v) is 5.65. The van der Waals surface area contributed by atoms with Gasteiger partial charge in [-0.25, -0.2) is 4.39 Å². The molecule has 1 aromatic carbocycles. The Bertz CT molecular complexity index is 434. The van der Waals surface area contributed by atoms with Gasteiger partial charge in [0.15, 0.2) is 0 Å². The first-order chi connectivity index (χ1) is 8.75. The van der Waals surface area contributed by atoms with Crippen LogP contribution in [0.15, 0.2) is 18.2 Å². The van der Waals surface area contributed by atoms with Gasteiger partial charge in [0, 0.05) is 32.2 Å². The van der Waals surface area contributed by atoms with E-state index < -0.39 is 0 Å². The van der Waals surface area contributed by atoms with Crippen LogP contribution < -0.4 is 5.32 Å². The minimum atomic E-state index is -0.296. The van der Waals surface area contributed by atoms with Gasteiger partial charge in [-0.05, 0) is 36.5 Å². The number of benzene rings is 1. The summed E-state index contributed by atoms with van der Waals surface area (Å²) in [6, 6.07) is 5.66. The fourth-order valence-corrected chi connectivity index (χ4v) is 2.97. The molecule has 1 N–H and O–H groups in total. The molecule has 1 atom stereocenters. The molecule has 0 radical (unpaired) electrons. The van der Waals surface area contributed by atoms with Gasteiger partial charge in [0.05, 0.1) is 5.02 Å². The van der Waals surface area contributed by atoms with Crippen molar-refractivity contribution >= 4 is 36.4 Å². The van der Waals surface area contributed by atoms with Crippen LogP contribution in [0, 0.1) is 11.7 Å². The normalized spacial score (nSPS) is 20.7. The van der Waals surface area contributed by atoms with Gasteiger partial charge < -0.3 is 5.32 Å². The molecule has 6 heteroatoms. The minimum Gasteiger partial charge on any atom is -0.314 e. The zero-order valence-electron chi connectivity index (χ0n) is 11.1. The van der Waals surface area contributed by atoms with Gasteiger partial charge in [0.25, 0.3) is 0 Å². The van der Waals surface area contributed by atoms with Gasteiger partial charge in [-0.2, -0.15) is 0 Å². The Labute approximate surface area is 136 Å². The number of halogens is 4. The molecule has 1 aliphatic heterocycles. The lowest BCUT2D eigenvalue weighted by molar-refractivity contribution is 0.156. The maximum Gasteiger partial charge on any atom is 0.142 e. The Hall–Kier alpha value is -0.0600. The molecular weight excluding hydrogens is 322 g/mol. The molecule has 2 aliphatic rings. The molecule has 1 aliphatic carbocycles. The largest absolute Gasteiger partial charge is 0.314 e. The highest BCUT2D eigenvalue weighted by molar-refractivity contribution is 6.30. The average Bonchev–Trinajstić information content (AvgIpc) is 3.20. The summed E-state index contributed by atoms with van der Waals surface area (Å²) in [5.74, 6) is 0.402. The van der Waals surface area contributed by atoms with E-state index >= 15 is 0 Å². The zero-order valence-corrected chi connectivity index (χ0v) is 13.5. The highest BCUT2D eigenvalue weighted by Crippen LogP contribution is 2.45. The van der Waals surface area contributed by atoms with Gasteiger partial charge in [0.1, 0.15) is 5.82 Å². The predicted octanol–water partition coefficient (Wildman–Crippen LogP) is 3.68. The summed E-state index contributed by atoms with van der Waals surface area (Å²) >= 11 is 5.77. The maximum absolute atomic E-state index is 13.6. The van der Waals surface area contributed by atoms with E-state index in [1.165, 1.54) is 12.8 Å². The molecule has 2 nitrogen and oxygen atoms in total.